The number of hydrogen-bond acceptors (Lipinski definition) is 2. The van der Waals surface area contributed by atoms with Crippen LogP contribution in [0.2, 0.25) is 0 Å². The first-order chi connectivity index (χ1) is 8.61. The molecule has 0 aromatic heterocycles. The Balaban J connectivity index is 2.67. The Morgan fingerprint density at radius 2 is 1.89 bits per heavy atom. The van der Waals surface area contributed by atoms with E-state index < -0.39 is 0 Å². The smallest absolute Gasteiger partial charge is 0.320 e. The van der Waals surface area contributed by atoms with Gasteiger partial charge in [-0.1, -0.05) is 13.3 Å². The quantitative estimate of drug-likeness (QED) is 0.821. The van der Waals surface area contributed by atoms with Gasteiger partial charge in [-0.15, -0.1) is 0 Å². The van der Waals surface area contributed by atoms with E-state index in [1.165, 1.54) is 6.42 Å². The highest BCUT2D eigenvalue weighted by atomic mass is 16.3. The second-order valence-corrected chi connectivity index (χ2v) is 5.38. The van der Waals surface area contributed by atoms with E-state index >= 15 is 0 Å². The van der Waals surface area contributed by atoms with Crippen molar-refractivity contribution in [3.8, 4) is 0 Å². The zero-order valence-electron chi connectivity index (χ0n) is 12.1. The number of hydrogen-bond donors (Lipinski definition) is 1. The van der Waals surface area contributed by atoms with E-state index in [2.05, 4.69) is 20.8 Å². The average Bonchev–Trinajstić information content (AvgIpc) is 2.34. The molecule has 1 saturated heterocycles. The maximum Gasteiger partial charge on any atom is 0.320 e. The zero-order chi connectivity index (χ0) is 13.5. The molecule has 2 amide bonds. The molecule has 18 heavy (non-hydrogen) atoms. The third kappa shape index (κ3) is 3.87. The number of amides is 2. The molecule has 2 atom stereocenters. The molecule has 4 heteroatoms. The summed E-state index contributed by atoms with van der Waals surface area (Å²) >= 11 is 0. The van der Waals surface area contributed by atoms with E-state index in [-0.39, 0.29) is 12.6 Å². The molecule has 1 rings (SSSR count). The summed E-state index contributed by atoms with van der Waals surface area (Å²) in [5, 5.41) is 9.10. The van der Waals surface area contributed by atoms with Crippen molar-refractivity contribution in [2.75, 3.05) is 19.7 Å². The first kappa shape index (κ1) is 15.3. The summed E-state index contributed by atoms with van der Waals surface area (Å²) in [6.07, 6.45) is 5.47. The fourth-order valence-corrected chi connectivity index (χ4v) is 2.73. The van der Waals surface area contributed by atoms with Crippen molar-refractivity contribution in [2.45, 2.75) is 65.0 Å². The van der Waals surface area contributed by atoms with Gasteiger partial charge in [0.1, 0.15) is 0 Å². The van der Waals surface area contributed by atoms with Crippen LogP contribution in [0.1, 0.15) is 52.9 Å². The number of piperidine rings is 1. The van der Waals surface area contributed by atoms with Gasteiger partial charge in [-0.2, -0.15) is 0 Å². The van der Waals surface area contributed by atoms with Crippen molar-refractivity contribution in [2.24, 2.45) is 0 Å². The molecule has 2 unspecified atom stereocenters. The van der Waals surface area contributed by atoms with Crippen LogP contribution in [-0.2, 0) is 0 Å². The minimum atomic E-state index is 0.0477. The van der Waals surface area contributed by atoms with Crippen LogP contribution in [0.4, 0.5) is 4.79 Å². The lowest BCUT2D eigenvalue weighted by molar-refractivity contribution is 0.0860. The molecule has 0 saturated carbocycles. The molecule has 0 radical (unpaired) electrons. The minimum Gasteiger partial charge on any atom is -0.395 e. The highest BCUT2D eigenvalue weighted by molar-refractivity contribution is 5.75. The van der Waals surface area contributed by atoms with E-state index in [1.54, 1.807) is 0 Å². The molecule has 0 spiro atoms. The van der Waals surface area contributed by atoms with Gasteiger partial charge in [-0.05, 0) is 39.5 Å². The monoisotopic (exact) mass is 256 g/mol. The number of urea groups is 1. The van der Waals surface area contributed by atoms with Crippen molar-refractivity contribution >= 4 is 6.03 Å². The van der Waals surface area contributed by atoms with Gasteiger partial charge in [-0.3, -0.25) is 0 Å². The van der Waals surface area contributed by atoms with Crippen molar-refractivity contribution in [3.63, 3.8) is 0 Å². The Hall–Kier alpha value is -0.770. The first-order valence-corrected chi connectivity index (χ1v) is 7.29. The molecular formula is C14H28N2O2. The van der Waals surface area contributed by atoms with Crippen molar-refractivity contribution in [1.82, 2.24) is 9.80 Å². The van der Waals surface area contributed by atoms with E-state index in [0.717, 1.165) is 32.2 Å². The molecule has 4 nitrogen and oxygen atoms in total. The zero-order valence-corrected chi connectivity index (χ0v) is 12.1. The molecule has 1 aliphatic rings. The van der Waals surface area contributed by atoms with Crippen LogP contribution in [0.5, 0.6) is 0 Å². The molecule has 1 N–H and O–H groups in total. The summed E-state index contributed by atoms with van der Waals surface area (Å²) in [6.45, 7) is 7.63. The number of nitrogens with zero attached hydrogens (tertiary/aromatic N) is 2. The van der Waals surface area contributed by atoms with E-state index in [0.29, 0.717) is 18.6 Å². The van der Waals surface area contributed by atoms with Gasteiger partial charge < -0.3 is 14.9 Å². The maximum absolute atomic E-state index is 12.6. The molecule has 0 aliphatic carbocycles. The summed E-state index contributed by atoms with van der Waals surface area (Å²) in [5.74, 6) is 0. The van der Waals surface area contributed by atoms with Crippen LogP contribution in [0.15, 0.2) is 0 Å². The molecule has 106 valence electrons. The predicted molar refractivity (Wildman–Crippen MR) is 73.6 cm³/mol. The standard InChI is InChI=1S/C14H28N2O2/c1-4-5-9-15(10-11-17)14(18)16-12(2)7-6-8-13(16)3/h12-13,17H,4-11H2,1-3H3. The number of rotatable bonds is 5. The van der Waals surface area contributed by atoms with Gasteiger partial charge in [0.05, 0.1) is 6.61 Å². The maximum atomic E-state index is 12.6. The topological polar surface area (TPSA) is 43.8 Å². The lowest BCUT2D eigenvalue weighted by Crippen LogP contribution is -2.53. The van der Waals surface area contributed by atoms with Gasteiger partial charge in [0.15, 0.2) is 0 Å². The molecule has 0 aromatic carbocycles. The summed E-state index contributed by atoms with van der Waals surface area (Å²) in [6, 6.07) is 0.755. The highest BCUT2D eigenvalue weighted by Gasteiger charge is 2.31. The van der Waals surface area contributed by atoms with Gasteiger partial charge in [-0.25, -0.2) is 4.79 Å². The molecule has 1 fully saturated rings. The van der Waals surface area contributed by atoms with Crippen LogP contribution in [0.25, 0.3) is 0 Å². The summed E-state index contributed by atoms with van der Waals surface area (Å²) < 4.78 is 0. The Morgan fingerprint density at radius 1 is 1.28 bits per heavy atom. The predicted octanol–water partition coefficient (Wildman–Crippen LogP) is 2.46. The minimum absolute atomic E-state index is 0.0477. The van der Waals surface area contributed by atoms with Gasteiger partial charge in [0.2, 0.25) is 0 Å². The Labute approximate surface area is 111 Å². The van der Waals surface area contributed by atoms with E-state index in [1.807, 2.05) is 9.80 Å². The molecular weight excluding hydrogens is 228 g/mol. The first-order valence-electron chi connectivity index (χ1n) is 7.29. The van der Waals surface area contributed by atoms with E-state index in [9.17, 15) is 4.79 Å². The average molecular weight is 256 g/mol. The lowest BCUT2D eigenvalue weighted by Gasteiger charge is -2.41. The van der Waals surface area contributed by atoms with Crippen molar-refractivity contribution in [1.29, 1.82) is 0 Å². The second kappa shape index (κ2) is 7.62. The van der Waals surface area contributed by atoms with E-state index in [4.69, 9.17) is 5.11 Å². The van der Waals surface area contributed by atoms with Crippen LogP contribution >= 0.6 is 0 Å². The SMILES string of the molecule is CCCCN(CCO)C(=O)N1C(C)CCCC1C. The Kier molecular flexibility index (Phi) is 6.47. The fraction of sp³-hybridized carbons (Fsp3) is 0.929. The Morgan fingerprint density at radius 3 is 2.39 bits per heavy atom. The molecule has 0 bridgehead atoms. The van der Waals surface area contributed by atoms with Crippen LogP contribution in [0, 0.1) is 0 Å². The third-order valence-corrected chi connectivity index (χ3v) is 3.84. The van der Waals surface area contributed by atoms with Gasteiger partial charge in [0, 0.05) is 25.2 Å². The summed E-state index contributed by atoms with van der Waals surface area (Å²) in [7, 11) is 0. The van der Waals surface area contributed by atoms with Gasteiger partial charge in [0.25, 0.3) is 0 Å². The largest absolute Gasteiger partial charge is 0.395 e. The number of aliphatic hydroxyl groups is 1. The number of likely N-dealkylation sites (tertiary alicyclic amines) is 1. The van der Waals surface area contributed by atoms with Crippen molar-refractivity contribution in [3.05, 3.63) is 0 Å². The molecule has 1 heterocycles. The van der Waals surface area contributed by atoms with Crippen LogP contribution in [0.3, 0.4) is 0 Å². The lowest BCUT2D eigenvalue weighted by atomic mass is 9.98. The normalized spacial score (nSPS) is 24.1. The fourth-order valence-electron chi connectivity index (χ4n) is 2.73. The van der Waals surface area contributed by atoms with Crippen molar-refractivity contribution < 1.29 is 9.90 Å². The summed E-state index contributed by atoms with van der Waals surface area (Å²) in [5.41, 5.74) is 0. The molecule has 1 aliphatic heterocycles. The summed E-state index contributed by atoms with van der Waals surface area (Å²) in [4.78, 5) is 16.4. The number of aliphatic hydroxyl groups excluding tert-OH is 1. The second-order valence-electron chi connectivity index (χ2n) is 5.38. The van der Waals surface area contributed by atoms with Crippen LogP contribution < -0.4 is 0 Å². The number of carbonyl (C=O) groups excluding carboxylic acids is 1. The molecule has 0 aromatic rings. The van der Waals surface area contributed by atoms with Crippen LogP contribution in [-0.4, -0.2) is 52.7 Å². The van der Waals surface area contributed by atoms with Gasteiger partial charge >= 0.3 is 6.03 Å². The third-order valence-electron chi connectivity index (χ3n) is 3.84. The highest BCUT2D eigenvalue weighted by Crippen LogP contribution is 2.23. The number of carbonyl (C=O) groups is 1. The number of unbranched alkanes of at least 4 members (excludes halogenated alkanes) is 1. The Bertz CT molecular complexity index is 248.